The van der Waals surface area contributed by atoms with Crippen molar-refractivity contribution < 1.29 is 12.8 Å². The Morgan fingerprint density at radius 1 is 1.33 bits per heavy atom. The van der Waals surface area contributed by atoms with E-state index in [9.17, 15) is 12.8 Å². The molecule has 21 heavy (non-hydrogen) atoms. The molecular weight excluding hydrogens is 361 g/mol. The summed E-state index contributed by atoms with van der Waals surface area (Å²) in [6.45, 7) is 2.83. The van der Waals surface area contributed by atoms with Gasteiger partial charge >= 0.3 is 0 Å². The Bertz CT molecular complexity index is 604. The van der Waals surface area contributed by atoms with E-state index in [2.05, 4.69) is 25.6 Å². The first-order chi connectivity index (χ1) is 9.94. The number of hydrogen-bond acceptors (Lipinski definition) is 4. The summed E-state index contributed by atoms with van der Waals surface area (Å²) >= 11 is 3.18. The van der Waals surface area contributed by atoms with Crippen molar-refractivity contribution in [1.29, 1.82) is 0 Å². The van der Waals surface area contributed by atoms with Gasteiger partial charge in [0, 0.05) is 29.7 Å². The molecule has 1 aromatic rings. The van der Waals surface area contributed by atoms with Gasteiger partial charge in [-0.05, 0) is 38.1 Å². The fourth-order valence-electron chi connectivity index (χ4n) is 2.38. The molecule has 0 amide bonds. The highest BCUT2D eigenvalue weighted by molar-refractivity contribution is 9.10. The van der Waals surface area contributed by atoms with Crippen LogP contribution in [0, 0.1) is 5.82 Å². The topological polar surface area (TPSA) is 75.4 Å². The summed E-state index contributed by atoms with van der Waals surface area (Å²) in [7, 11) is -3.87. The molecule has 1 aliphatic rings. The molecule has 118 valence electrons. The fourth-order valence-corrected chi connectivity index (χ4v) is 4.21. The van der Waals surface area contributed by atoms with Crippen molar-refractivity contribution in [2.75, 3.05) is 26.2 Å². The van der Waals surface area contributed by atoms with Crippen LogP contribution in [0.3, 0.4) is 0 Å². The quantitative estimate of drug-likeness (QED) is 0.783. The lowest BCUT2D eigenvalue weighted by Gasteiger charge is -2.15. The van der Waals surface area contributed by atoms with E-state index in [0.29, 0.717) is 11.0 Å². The standard InChI is InChI=1S/C13H19BrFN3O2S/c14-11-7-10(9-16)13(15)12(8-11)21(19,20)17-3-6-18-4-1-2-5-18/h7-8,17H,1-6,9,16H2. The highest BCUT2D eigenvalue weighted by atomic mass is 79.9. The maximum Gasteiger partial charge on any atom is 0.243 e. The number of hydrogen-bond donors (Lipinski definition) is 2. The van der Waals surface area contributed by atoms with Crippen LogP contribution >= 0.6 is 15.9 Å². The molecule has 2 rings (SSSR count). The minimum absolute atomic E-state index is 0.0540. The lowest BCUT2D eigenvalue weighted by molar-refractivity contribution is 0.344. The van der Waals surface area contributed by atoms with Gasteiger partial charge in [-0.25, -0.2) is 17.5 Å². The summed E-state index contributed by atoms with van der Waals surface area (Å²) in [4.78, 5) is 1.82. The number of sulfonamides is 1. The van der Waals surface area contributed by atoms with Crippen LogP contribution in [0.25, 0.3) is 0 Å². The van der Waals surface area contributed by atoms with Crippen LogP contribution in [-0.2, 0) is 16.6 Å². The molecule has 0 bridgehead atoms. The van der Waals surface area contributed by atoms with Crippen LogP contribution in [0.4, 0.5) is 4.39 Å². The highest BCUT2D eigenvalue weighted by Gasteiger charge is 2.22. The van der Waals surface area contributed by atoms with Crippen LogP contribution < -0.4 is 10.5 Å². The second-order valence-electron chi connectivity index (χ2n) is 5.03. The van der Waals surface area contributed by atoms with Gasteiger partial charge in [0.15, 0.2) is 0 Å². The first-order valence-electron chi connectivity index (χ1n) is 6.84. The minimum Gasteiger partial charge on any atom is -0.326 e. The smallest absolute Gasteiger partial charge is 0.243 e. The predicted molar refractivity (Wildman–Crippen MR) is 82.9 cm³/mol. The molecule has 0 unspecified atom stereocenters. The summed E-state index contributed by atoms with van der Waals surface area (Å²) in [6, 6.07) is 2.74. The molecule has 0 atom stereocenters. The Kier molecular flexibility index (Phi) is 5.73. The van der Waals surface area contributed by atoms with Gasteiger partial charge in [-0.15, -0.1) is 0 Å². The molecule has 1 saturated heterocycles. The molecule has 5 nitrogen and oxygen atoms in total. The maximum absolute atomic E-state index is 14.1. The lowest BCUT2D eigenvalue weighted by atomic mass is 10.2. The van der Waals surface area contributed by atoms with E-state index in [1.165, 1.54) is 12.1 Å². The Morgan fingerprint density at radius 3 is 2.62 bits per heavy atom. The Labute approximate surface area is 132 Å². The van der Waals surface area contributed by atoms with Gasteiger partial charge in [-0.1, -0.05) is 15.9 Å². The number of halogens is 2. The molecule has 0 aromatic heterocycles. The average Bonchev–Trinajstić information content (AvgIpc) is 2.93. The van der Waals surface area contributed by atoms with Gasteiger partial charge in [0.2, 0.25) is 10.0 Å². The third-order valence-corrected chi connectivity index (χ3v) is 5.43. The van der Waals surface area contributed by atoms with Crippen molar-refractivity contribution in [3.63, 3.8) is 0 Å². The molecule has 0 aliphatic carbocycles. The summed E-state index contributed by atoms with van der Waals surface area (Å²) < 4.78 is 41.5. The first kappa shape index (κ1) is 16.8. The van der Waals surface area contributed by atoms with Crippen LogP contribution in [0.15, 0.2) is 21.5 Å². The number of nitrogens with two attached hydrogens (primary N) is 1. The monoisotopic (exact) mass is 379 g/mol. The molecule has 8 heteroatoms. The van der Waals surface area contributed by atoms with Crippen molar-refractivity contribution in [2.45, 2.75) is 24.3 Å². The number of likely N-dealkylation sites (tertiary alicyclic amines) is 1. The van der Waals surface area contributed by atoms with E-state index in [1.807, 2.05) is 0 Å². The molecule has 1 heterocycles. The van der Waals surface area contributed by atoms with Gasteiger partial charge in [0.25, 0.3) is 0 Å². The number of nitrogens with one attached hydrogen (secondary N) is 1. The second-order valence-corrected chi connectivity index (χ2v) is 7.68. The lowest BCUT2D eigenvalue weighted by Crippen LogP contribution is -2.34. The Morgan fingerprint density at radius 2 is 2.00 bits per heavy atom. The zero-order valence-corrected chi connectivity index (χ0v) is 14.0. The van der Waals surface area contributed by atoms with Gasteiger partial charge < -0.3 is 10.6 Å². The summed E-state index contributed by atoms with van der Waals surface area (Å²) in [5.41, 5.74) is 5.60. The Balaban J connectivity index is 2.09. The predicted octanol–water partition coefficient (Wildman–Crippen LogP) is 1.42. The van der Waals surface area contributed by atoms with E-state index in [0.717, 1.165) is 25.9 Å². The van der Waals surface area contributed by atoms with Crippen molar-refractivity contribution in [3.8, 4) is 0 Å². The zero-order valence-electron chi connectivity index (χ0n) is 11.6. The molecule has 0 saturated carbocycles. The zero-order chi connectivity index (χ0) is 15.5. The molecule has 1 aromatic carbocycles. The molecule has 1 fully saturated rings. The summed E-state index contributed by atoms with van der Waals surface area (Å²) in [5.74, 6) is -0.783. The molecule has 0 spiro atoms. The fraction of sp³-hybridized carbons (Fsp3) is 0.538. The van der Waals surface area contributed by atoms with Crippen molar-refractivity contribution in [1.82, 2.24) is 9.62 Å². The van der Waals surface area contributed by atoms with Crippen LogP contribution in [-0.4, -0.2) is 39.5 Å². The summed E-state index contributed by atoms with van der Waals surface area (Å²) in [5, 5.41) is 0. The van der Waals surface area contributed by atoms with Crippen molar-refractivity contribution >= 4 is 26.0 Å². The number of rotatable bonds is 6. The van der Waals surface area contributed by atoms with Crippen LogP contribution in [0.5, 0.6) is 0 Å². The first-order valence-corrected chi connectivity index (χ1v) is 9.11. The average molecular weight is 380 g/mol. The van der Waals surface area contributed by atoms with Gasteiger partial charge in [-0.2, -0.15) is 0 Å². The molecule has 3 N–H and O–H groups in total. The van der Waals surface area contributed by atoms with E-state index < -0.39 is 15.8 Å². The van der Waals surface area contributed by atoms with Gasteiger partial charge in [0.1, 0.15) is 10.7 Å². The largest absolute Gasteiger partial charge is 0.326 e. The third kappa shape index (κ3) is 4.23. The normalized spacial score (nSPS) is 16.5. The van der Waals surface area contributed by atoms with E-state index in [1.54, 1.807) is 0 Å². The van der Waals surface area contributed by atoms with E-state index in [-0.39, 0.29) is 23.5 Å². The van der Waals surface area contributed by atoms with Gasteiger partial charge in [-0.3, -0.25) is 0 Å². The summed E-state index contributed by atoms with van der Waals surface area (Å²) in [6.07, 6.45) is 2.29. The maximum atomic E-state index is 14.1. The Hall–Kier alpha value is -0.540. The van der Waals surface area contributed by atoms with Crippen LogP contribution in [0.1, 0.15) is 18.4 Å². The molecule has 1 aliphatic heterocycles. The third-order valence-electron chi connectivity index (χ3n) is 3.51. The second kappa shape index (κ2) is 7.15. The highest BCUT2D eigenvalue weighted by Crippen LogP contribution is 2.23. The number of nitrogens with zero attached hydrogens (tertiary/aromatic N) is 1. The van der Waals surface area contributed by atoms with E-state index >= 15 is 0 Å². The molecular formula is C13H19BrFN3O2S. The van der Waals surface area contributed by atoms with E-state index in [4.69, 9.17) is 5.73 Å². The van der Waals surface area contributed by atoms with Crippen molar-refractivity contribution in [2.24, 2.45) is 5.73 Å². The van der Waals surface area contributed by atoms with Crippen molar-refractivity contribution in [3.05, 3.63) is 28.0 Å². The number of benzene rings is 1. The SMILES string of the molecule is NCc1cc(Br)cc(S(=O)(=O)NCCN2CCCC2)c1F. The van der Waals surface area contributed by atoms with Crippen LogP contribution in [0.2, 0.25) is 0 Å². The van der Waals surface area contributed by atoms with Gasteiger partial charge in [0.05, 0.1) is 0 Å². The minimum atomic E-state index is -3.87. The molecule has 0 radical (unpaired) electrons.